The highest BCUT2D eigenvalue weighted by molar-refractivity contribution is 7.89. The molecule has 1 amide bonds. The van der Waals surface area contributed by atoms with Crippen LogP contribution < -0.4 is 4.74 Å². The summed E-state index contributed by atoms with van der Waals surface area (Å²) in [6, 6.07) is 11.8. The molecule has 3 rings (SSSR count). The Bertz CT molecular complexity index is 1010. The second-order valence-electron chi connectivity index (χ2n) is 6.88. The van der Waals surface area contributed by atoms with E-state index in [-0.39, 0.29) is 42.0 Å². The number of piperazine rings is 1. The Balaban J connectivity index is 1.63. The molecule has 6 nitrogen and oxygen atoms in total. The molecule has 0 radical (unpaired) electrons. The minimum Gasteiger partial charge on any atom is -0.481 e. The highest BCUT2D eigenvalue weighted by Crippen LogP contribution is 2.28. The minimum absolute atomic E-state index is 0.0254. The van der Waals surface area contributed by atoms with Gasteiger partial charge in [0.1, 0.15) is 10.6 Å². The van der Waals surface area contributed by atoms with Gasteiger partial charge in [0.15, 0.2) is 6.10 Å². The summed E-state index contributed by atoms with van der Waals surface area (Å²) in [5, 5.41) is 0.414. The van der Waals surface area contributed by atoms with E-state index in [2.05, 4.69) is 0 Å². The fourth-order valence-electron chi connectivity index (χ4n) is 3.16. The molecule has 0 N–H and O–H groups in total. The molecule has 1 saturated heterocycles. The van der Waals surface area contributed by atoms with Crippen LogP contribution in [0, 0.1) is 6.92 Å². The normalized spacial score (nSPS) is 16.5. The molecule has 2 aromatic carbocycles. The summed E-state index contributed by atoms with van der Waals surface area (Å²) in [6.07, 6.45) is -0.665. The molecule has 1 fully saturated rings. The van der Waals surface area contributed by atoms with Crippen LogP contribution in [0.1, 0.15) is 12.5 Å². The number of halogens is 2. The number of carbonyl (C=O) groups excluding carboxylic acids is 1. The summed E-state index contributed by atoms with van der Waals surface area (Å²) in [5.74, 6) is 0.451. The van der Waals surface area contributed by atoms with Gasteiger partial charge in [0.2, 0.25) is 10.0 Å². The van der Waals surface area contributed by atoms with Gasteiger partial charge in [-0.25, -0.2) is 8.42 Å². The van der Waals surface area contributed by atoms with Gasteiger partial charge in [-0.2, -0.15) is 4.31 Å². The van der Waals surface area contributed by atoms with Crippen molar-refractivity contribution in [2.45, 2.75) is 24.8 Å². The van der Waals surface area contributed by atoms with Gasteiger partial charge in [0.05, 0.1) is 5.02 Å². The lowest BCUT2D eigenvalue weighted by Gasteiger charge is -2.35. The van der Waals surface area contributed by atoms with Gasteiger partial charge in [-0.05, 0) is 49.7 Å². The summed E-state index contributed by atoms with van der Waals surface area (Å²) >= 11 is 12.0. The number of nitrogens with zero attached hydrogens (tertiary/aromatic N) is 2. The van der Waals surface area contributed by atoms with Crippen LogP contribution in [0.2, 0.25) is 10.0 Å². The van der Waals surface area contributed by atoms with E-state index in [1.807, 2.05) is 25.1 Å². The Morgan fingerprint density at radius 3 is 2.41 bits per heavy atom. The number of rotatable bonds is 5. The lowest BCUT2D eigenvalue weighted by Crippen LogP contribution is -2.53. The first-order chi connectivity index (χ1) is 13.7. The molecule has 1 aliphatic rings. The van der Waals surface area contributed by atoms with Crippen LogP contribution in [0.3, 0.4) is 0 Å². The van der Waals surface area contributed by atoms with Gasteiger partial charge in [0, 0.05) is 31.2 Å². The number of hydrogen-bond donors (Lipinski definition) is 0. The maximum absolute atomic E-state index is 12.9. The number of carbonyl (C=O) groups is 1. The molecule has 156 valence electrons. The van der Waals surface area contributed by atoms with E-state index in [1.165, 1.54) is 22.5 Å². The van der Waals surface area contributed by atoms with E-state index in [4.69, 9.17) is 27.9 Å². The summed E-state index contributed by atoms with van der Waals surface area (Å²) in [4.78, 5) is 14.3. The van der Waals surface area contributed by atoms with Crippen molar-refractivity contribution in [1.29, 1.82) is 0 Å². The van der Waals surface area contributed by atoms with Crippen LogP contribution >= 0.6 is 23.2 Å². The second-order valence-corrected chi connectivity index (χ2v) is 9.63. The smallest absolute Gasteiger partial charge is 0.263 e. The van der Waals surface area contributed by atoms with Crippen molar-refractivity contribution < 1.29 is 17.9 Å². The van der Waals surface area contributed by atoms with Crippen molar-refractivity contribution in [3.8, 4) is 5.75 Å². The Hall–Kier alpha value is -1.80. The van der Waals surface area contributed by atoms with Gasteiger partial charge in [-0.1, -0.05) is 35.3 Å². The average molecular weight is 457 g/mol. The SMILES string of the molecule is Cc1cccc(O[C@H](C)C(=O)N2CCN(S(=O)(=O)c3cc(Cl)ccc3Cl)CC2)c1. The van der Waals surface area contributed by atoms with Crippen molar-refractivity contribution >= 4 is 39.1 Å². The number of sulfonamides is 1. The first-order valence-corrected chi connectivity index (χ1v) is 11.4. The Morgan fingerprint density at radius 1 is 1.07 bits per heavy atom. The lowest BCUT2D eigenvalue weighted by atomic mass is 10.2. The summed E-state index contributed by atoms with van der Waals surface area (Å²) < 4.78 is 32.9. The van der Waals surface area contributed by atoms with Crippen LogP contribution in [-0.2, 0) is 14.8 Å². The summed E-state index contributed by atoms with van der Waals surface area (Å²) in [7, 11) is -3.79. The molecule has 29 heavy (non-hydrogen) atoms. The van der Waals surface area contributed by atoms with Crippen LogP contribution in [0.15, 0.2) is 47.4 Å². The molecule has 0 bridgehead atoms. The number of aryl methyl sites for hydroxylation is 1. The first kappa shape index (κ1) is 21.9. The van der Waals surface area contributed by atoms with Gasteiger partial charge >= 0.3 is 0 Å². The van der Waals surface area contributed by atoms with Crippen molar-refractivity contribution in [1.82, 2.24) is 9.21 Å². The van der Waals surface area contributed by atoms with Gasteiger partial charge in [0.25, 0.3) is 5.91 Å². The Kier molecular flexibility index (Phi) is 6.73. The fraction of sp³-hybridized carbons (Fsp3) is 0.350. The molecule has 1 aliphatic heterocycles. The topological polar surface area (TPSA) is 66.9 Å². The summed E-state index contributed by atoms with van der Waals surface area (Å²) in [6.45, 7) is 4.54. The van der Waals surface area contributed by atoms with E-state index in [0.29, 0.717) is 10.8 Å². The highest BCUT2D eigenvalue weighted by Gasteiger charge is 2.33. The number of ether oxygens (including phenoxy) is 1. The van der Waals surface area contributed by atoms with Gasteiger partial charge < -0.3 is 9.64 Å². The molecular weight excluding hydrogens is 435 g/mol. The van der Waals surface area contributed by atoms with E-state index < -0.39 is 16.1 Å². The van der Waals surface area contributed by atoms with Gasteiger partial charge in [-0.15, -0.1) is 0 Å². The zero-order valence-corrected chi connectivity index (χ0v) is 18.5. The standard InChI is InChI=1S/C20H22Cl2N2O4S/c1-14-4-3-5-17(12-14)28-15(2)20(25)23-8-10-24(11-9-23)29(26,27)19-13-16(21)6-7-18(19)22/h3-7,12-13,15H,8-11H2,1-2H3/t15-/m1/s1. The largest absolute Gasteiger partial charge is 0.481 e. The molecule has 0 saturated carbocycles. The van der Waals surface area contributed by atoms with Crippen molar-refractivity contribution in [3.05, 3.63) is 58.1 Å². The molecule has 1 heterocycles. The Labute approximate surface area is 181 Å². The third-order valence-electron chi connectivity index (χ3n) is 4.71. The lowest BCUT2D eigenvalue weighted by molar-refractivity contribution is -0.139. The van der Waals surface area contributed by atoms with E-state index >= 15 is 0 Å². The molecule has 0 unspecified atom stereocenters. The Morgan fingerprint density at radius 2 is 1.76 bits per heavy atom. The third kappa shape index (κ3) is 5.04. The zero-order chi connectivity index (χ0) is 21.2. The zero-order valence-electron chi connectivity index (χ0n) is 16.1. The van der Waals surface area contributed by atoms with Crippen LogP contribution in [0.25, 0.3) is 0 Å². The van der Waals surface area contributed by atoms with Gasteiger partial charge in [-0.3, -0.25) is 4.79 Å². The average Bonchev–Trinajstić information content (AvgIpc) is 2.69. The third-order valence-corrected chi connectivity index (χ3v) is 7.33. The molecule has 0 aromatic heterocycles. The van der Waals surface area contributed by atoms with E-state index in [0.717, 1.165) is 5.56 Å². The van der Waals surface area contributed by atoms with Crippen LogP contribution in [0.4, 0.5) is 0 Å². The van der Waals surface area contributed by atoms with Crippen LogP contribution in [-0.4, -0.2) is 55.8 Å². The molecule has 9 heteroatoms. The maximum Gasteiger partial charge on any atom is 0.263 e. The summed E-state index contributed by atoms with van der Waals surface area (Å²) in [5.41, 5.74) is 1.04. The molecule has 0 spiro atoms. The number of amides is 1. The highest BCUT2D eigenvalue weighted by atomic mass is 35.5. The molecule has 0 aliphatic carbocycles. The fourth-order valence-corrected chi connectivity index (χ4v) is 5.32. The maximum atomic E-state index is 12.9. The molecular formula is C20H22Cl2N2O4S. The molecule has 2 aromatic rings. The predicted molar refractivity (Wildman–Crippen MR) is 113 cm³/mol. The second kappa shape index (κ2) is 8.92. The monoisotopic (exact) mass is 456 g/mol. The predicted octanol–water partition coefficient (Wildman–Crippen LogP) is 3.60. The van der Waals surface area contributed by atoms with Crippen LogP contribution in [0.5, 0.6) is 5.75 Å². The van der Waals surface area contributed by atoms with Crippen molar-refractivity contribution in [3.63, 3.8) is 0 Å². The quantitative estimate of drug-likeness (QED) is 0.688. The van der Waals surface area contributed by atoms with E-state index in [1.54, 1.807) is 17.9 Å². The van der Waals surface area contributed by atoms with Crippen molar-refractivity contribution in [2.75, 3.05) is 26.2 Å². The minimum atomic E-state index is -3.79. The molecule has 1 atom stereocenters. The van der Waals surface area contributed by atoms with E-state index in [9.17, 15) is 13.2 Å². The van der Waals surface area contributed by atoms with Crippen molar-refractivity contribution in [2.24, 2.45) is 0 Å². The number of benzene rings is 2. The number of hydrogen-bond acceptors (Lipinski definition) is 4. The first-order valence-electron chi connectivity index (χ1n) is 9.16.